The van der Waals surface area contributed by atoms with Crippen LogP contribution in [0.4, 0.5) is 0 Å². The molecule has 0 aromatic heterocycles. The van der Waals surface area contributed by atoms with Gasteiger partial charge in [-0.3, -0.25) is 0 Å². The Morgan fingerprint density at radius 2 is 1.52 bits per heavy atom. The van der Waals surface area contributed by atoms with Gasteiger partial charge in [-0.05, 0) is 54.9 Å². The van der Waals surface area contributed by atoms with Crippen LogP contribution >= 0.6 is 0 Å². The lowest BCUT2D eigenvalue weighted by atomic mass is 9.83. The second kappa shape index (κ2) is 6.77. The maximum Gasteiger partial charge on any atom is 0.119 e. The van der Waals surface area contributed by atoms with Crippen LogP contribution in [0.15, 0.2) is 54.6 Å². The van der Waals surface area contributed by atoms with Crippen LogP contribution in [0.5, 0.6) is 5.75 Å². The molecule has 1 aliphatic rings. The Bertz CT molecular complexity index is 540. The largest absolute Gasteiger partial charge is 0.489 e. The van der Waals surface area contributed by atoms with Gasteiger partial charge in [0.2, 0.25) is 0 Å². The van der Waals surface area contributed by atoms with E-state index in [1.807, 2.05) is 18.2 Å². The standard InChI is InChI=1S/C19H22O2/c20-18-10-6-16(7-11-18)17-8-12-19(13-9-17)21-14-15-4-2-1-3-5-15/h1-5,8-9,12-13,16,18,20H,6-7,10-11,14H2. The van der Waals surface area contributed by atoms with Gasteiger partial charge in [0, 0.05) is 0 Å². The molecule has 0 amide bonds. The first-order valence-corrected chi connectivity index (χ1v) is 7.76. The lowest BCUT2D eigenvalue weighted by molar-refractivity contribution is 0.122. The fourth-order valence-corrected chi connectivity index (χ4v) is 2.99. The molecule has 2 heteroatoms. The summed E-state index contributed by atoms with van der Waals surface area (Å²) in [6, 6.07) is 18.7. The minimum Gasteiger partial charge on any atom is -0.489 e. The van der Waals surface area contributed by atoms with Crippen LogP contribution in [0.3, 0.4) is 0 Å². The summed E-state index contributed by atoms with van der Waals surface area (Å²) in [6.07, 6.45) is 3.94. The van der Waals surface area contributed by atoms with Crippen molar-refractivity contribution in [3.8, 4) is 5.75 Å². The molecular formula is C19H22O2. The second-order valence-electron chi connectivity index (χ2n) is 5.85. The maximum atomic E-state index is 9.58. The zero-order valence-corrected chi connectivity index (χ0v) is 12.2. The summed E-state index contributed by atoms with van der Waals surface area (Å²) in [4.78, 5) is 0. The molecule has 0 unspecified atom stereocenters. The summed E-state index contributed by atoms with van der Waals surface area (Å²) >= 11 is 0. The minimum atomic E-state index is -0.0882. The van der Waals surface area contributed by atoms with E-state index >= 15 is 0 Å². The van der Waals surface area contributed by atoms with Crippen LogP contribution < -0.4 is 4.74 Å². The smallest absolute Gasteiger partial charge is 0.119 e. The van der Waals surface area contributed by atoms with Crippen LogP contribution in [0.1, 0.15) is 42.7 Å². The molecule has 0 heterocycles. The highest BCUT2D eigenvalue weighted by molar-refractivity contribution is 5.30. The summed E-state index contributed by atoms with van der Waals surface area (Å²) in [5, 5.41) is 9.58. The molecule has 2 nitrogen and oxygen atoms in total. The van der Waals surface area contributed by atoms with Gasteiger partial charge < -0.3 is 9.84 Å². The number of aliphatic hydroxyl groups is 1. The quantitative estimate of drug-likeness (QED) is 0.906. The molecule has 1 saturated carbocycles. The average Bonchev–Trinajstić information content (AvgIpc) is 2.55. The molecular weight excluding hydrogens is 260 g/mol. The maximum absolute atomic E-state index is 9.58. The van der Waals surface area contributed by atoms with Crippen molar-refractivity contribution in [2.75, 3.05) is 0 Å². The predicted molar refractivity (Wildman–Crippen MR) is 84.4 cm³/mol. The molecule has 0 saturated heterocycles. The Morgan fingerprint density at radius 3 is 2.19 bits per heavy atom. The van der Waals surface area contributed by atoms with Crippen molar-refractivity contribution in [1.82, 2.24) is 0 Å². The predicted octanol–water partition coefficient (Wildman–Crippen LogP) is 4.28. The number of hydrogen-bond donors (Lipinski definition) is 1. The van der Waals surface area contributed by atoms with Gasteiger partial charge in [-0.15, -0.1) is 0 Å². The Hall–Kier alpha value is -1.80. The molecule has 0 radical (unpaired) electrons. The third-order valence-corrected chi connectivity index (χ3v) is 4.30. The first kappa shape index (κ1) is 14.2. The van der Waals surface area contributed by atoms with E-state index in [4.69, 9.17) is 4.74 Å². The van der Waals surface area contributed by atoms with E-state index in [0.29, 0.717) is 12.5 Å². The van der Waals surface area contributed by atoms with Crippen molar-refractivity contribution in [3.63, 3.8) is 0 Å². The first-order chi connectivity index (χ1) is 10.3. The zero-order chi connectivity index (χ0) is 14.5. The molecule has 2 aromatic rings. The molecule has 21 heavy (non-hydrogen) atoms. The van der Waals surface area contributed by atoms with E-state index < -0.39 is 0 Å². The Labute approximate surface area is 126 Å². The van der Waals surface area contributed by atoms with Crippen LogP contribution in [-0.4, -0.2) is 11.2 Å². The number of ether oxygens (including phenoxy) is 1. The van der Waals surface area contributed by atoms with Gasteiger partial charge >= 0.3 is 0 Å². The summed E-state index contributed by atoms with van der Waals surface area (Å²) in [5.74, 6) is 1.51. The van der Waals surface area contributed by atoms with Crippen molar-refractivity contribution in [1.29, 1.82) is 0 Å². The van der Waals surface area contributed by atoms with E-state index in [-0.39, 0.29) is 6.10 Å². The molecule has 0 bridgehead atoms. The van der Waals surface area contributed by atoms with E-state index in [1.54, 1.807) is 0 Å². The van der Waals surface area contributed by atoms with Gasteiger partial charge in [0.1, 0.15) is 12.4 Å². The van der Waals surface area contributed by atoms with E-state index in [2.05, 4.69) is 36.4 Å². The van der Waals surface area contributed by atoms with Gasteiger partial charge in [0.25, 0.3) is 0 Å². The third-order valence-electron chi connectivity index (χ3n) is 4.30. The summed E-state index contributed by atoms with van der Waals surface area (Å²) < 4.78 is 5.81. The minimum absolute atomic E-state index is 0.0882. The van der Waals surface area contributed by atoms with Crippen molar-refractivity contribution in [2.24, 2.45) is 0 Å². The number of rotatable bonds is 4. The Balaban J connectivity index is 1.57. The summed E-state index contributed by atoms with van der Waals surface area (Å²) in [5.41, 5.74) is 2.55. The number of hydrogen-bond acceptors (Lipinski definition) is 2. The normalized spacial score (nSPS) is 22.0. The lowest BCUT2D eigenvalue weighted by Crippen LogP contribution is -2.16. The van der Waals surface area contributed by atoms with Gasteiger partial charge in [0.05, 0.1) is 6.10 Å². The van der Waals surface area contributed by atoms with Gasteiger partial charge in [-0.2, -0.15) is 0 Å². The first-order valence-electron chi connectivity index (χ1n) is 7.76. The highest BCUT2D eigenvalue weighted by Crippen LogP contribution is 2.33. The molecule has 2 aromatic carbocycles. The van der Waals surface area contributed by atoms with E-state index in [1.165, 1.54) is 11.1 Å². The van der Waals surface area contributed by atoms with Crippen molar-refractivity contribution in [3.05, 3.63) is 65.7 Å². The highest BCUT2D eigenvalue weighted by atomic mass is 16.5. The molecule has 1 N–H and O–H groups in total. The lowest BCUT2D eigenvalue weighted by Gasteiger charge is -2.25. The Morgan fingerprint density at radius 1 is 0.857 bits per heavy atom. The Kier molecular flexibility index (Phi) is 4.56. The molecule has 0 spiro atoms. The molecule has 1 fully saturated rings. The highest BCUT2D eigenvalue weighted by Gasteiger charge is 2.20. The molecule has 3 rings (SSSR count). The fraction of sp³-hybridized carbons (Fsp3) is 0.368. The van der Waals surface area contributed by atoms with Crippen LogP contribution in [0.25, 0.3) is 0 Å². The van der Waals surface area contributed by atoms with Crippen molar-refractivity contribution in [2.45, 2.75) is 44.3 Å². The van der Waals surface area contributed by atoms with Crippen LogP contribution in [0, 0.1) is 0 Å². The average molecular weight is 282 g/mol. The summed E-state index contributed by atoms with van der Waals surface area (Å²) in [6.45, 7) is 0.607. The van der Waals surface area contributed by atoms with Gasteiger partial charge in [-0.1, -0.05) is 42.5 Å². The topological polar surface area (TPSA) is 29.5 Å². The van der Waals surface area contributed by atoms with E-state index in [9.17, 15) is 5.11 Å². The van der Waals surface area contributed by atoms with Crippen LogP contribution in [0.2, 0.25) is 0 Å². The third kappa shape index (κ3) is 3.85. The second-order valence-corrected chi connectivity index (χ2v) is 5.85. The van der Waals surface area contributed by atoms with Gasteiger partial charge in [0.15, 0.2) is 0 Å². The van der Waals surface area contributed by atoms with Gasteiger partial charge in [-0.25, -0.2) is 0 Å². The molecule has 0 aliphatic heterocycles. The number of aliphatic hydroxyl groups excluding tert-OH is 1. The molecule has 1 aliphatic carbocycles. The molecule has 110 valence electrons. The van der Waals surface area contributed by atoms with Crippen molar-refractivity contribution >= 4 is 0 Å². The SMILES string of the molecule is OC1CCC(c2ccc(OCc3ccccc3)cc2)CC1. The summed E-state index contributed by atoms with van der Waals surface area (Å²) in [7, 11) is 0. The fourth-order valence-electron chi connectivity index (χ4n) is 2.99. The van der Waals surface area contributed by atoms with E-state index in [0.717, 1.165) is 31.4 Å². The molecule has 0 atom stereocenters. The monoisotopic (exact) mass is 282 g/mol. The van der Waals surface area contributed by atoms with Crippen molar-refractivity contribution < 1.29 is 9.84 Å². The van der Waals surface area contributed by atoms with Crippen LogP contribution in [-0.2, 0) is 6.61 Å². The number of benzene rings is 2. The zero-order valence-electron chi connectivity index (χ0n) is 12.2.